The Balaban J connectivity index is 2.44. The minimum Gasteiger partial charge on any atom is -0.462 e. The Kier molecular flexibility index (Phi) is 3.44. The first-order valence-corrected chi connectivity index (χ1v) is 5.57. The van der Waals surface area contributed by atoms with Crippen LogP contribution in [0.3, 0.4) is 0 Å². The Hall–Kier alpha value is -1.81. The van der Waals surface area contributed by atoms with E-state index in [4.69, 9.17) is 16.3 Å². The van der Waals surface area contributed by atoms with Crippen LogP contribution in [-0.2, 0) is 4.74 Å². The van der Waals surface area contributed by atoms with Gasteiger partial charge in [0.25, 0.3) is 0 Å². The van der Waals surface area contributed by atoms with Crippen molar-refractivity contribution in [2.24, 2.45) is 0 Å². The highest BCUT2D eigenvalue weighted by atomic mass is 35.5. The molecule has 1 heterocycles. The summed E-state index contributed by atoms with van der Waals surface area (Å²) < 4.78 is 4.95. The van der Waals surface area contributed by atoms with Crippen LogP contribution in [0.2, 0.25) is 5.02 Å². The summed E-state index contributed by atoms with van der Waals surface area (Å²) in [6.45, 7) is 2.08. The van der Waals surface area contributed by atoms with Gasteiger partial charge in [0, 0.05) is 10.6 Å². The van der Waals surface area contributed by atoms with E-state index < -0.39 is 5.97 Å². The molecule has 0 aliphatic heterocycles. The summed E-state index contributed by atoms with van der Waals surface area (Å²) in [5.41, 5.74) is 1.70. The molecular weight excluding hydrogens is 240 g/mol. The number of H-pyrrole nitrogens is 1. The topological polar surface area (TPSA) is 55.0 Å². The predicted molar refractivity (Wildman–Crippen MR) is 65.0 cm³/mol. The molecule has 2 aromatic rings. The molecule has 2 rings (SSSR count). The van der Waals surface area contributed by atoms with Crippen LogP contribution in [0.5, 0.6) is 0 Å². The van der Waals surface area contributed by atoms with Crippen molar-refractivity contribution in [3.05, 3.63) is 41.0 Å². The van der Waals surface area contributed by atoms with Crippen LogP contribution >= 0.6 is 11.6 Å². The van der Waals surface area contributed by atoms with Crippen molar-refractivity contribution in [3.8, 4) is 11.3 Å². The number of carbonyl (C=O) groups is 1. The first-order valence-electron chi connectivity index (χ1n) is 5.19. The first-order chi connectivity index (χ1) is 8.24. The van der Waals surface area contributed by atoms with E-state index in [-0.39, 0.29) is 0 Å². The van der Waals surface area contributed by atoms with Crippen molar-refractivity contribution in [2.45, 2.75) is 6.92 Å². The molecule has 1 N–H and O–H groups in total. The van der Waals surface area contributed by atoms with Crippen LogP contribution in [0.25, 0.3) is 11.3 Å². The molecule has 0 saturated carbocycles. The average Bonchev–Trinajstić information content (AvgIpc) is 2.79. The number of esters is 1. The molecular formula is C12H11ClN2O2. The fourth-order valence-electron chi connectivity index (χ4n) is 1.52. The van der Waals surface area contributed by atoms with Gasteiger partial charge in [-0.05, 0) is 13.0 Å². The maximum absolute atomic E-state index is 11.7. The van der Waals surface area contributed by atoms with E-state index in [1.54, 1.807) is 13.0 Å². The molecule has 0 atom stereocenters. The Morgan fingerprint density at radius 3 is 2.94 bits per heavy atom. The Bertz CT molecular complexity index is 537. The monoisotopic (exact) mass is 250 g/mol. The molecule has 0 aliphatic rings. The lowest BCUT2D eigenvalue weighted by atomic mass is 10.1. The summed E-state index contributed by atoms with van der Waals surface area (Å²) >= 11 is 6.07. The molecule has 0 bridgehead atoms. The molecule has 4 nitrogen and oxygen atoms in total. The van der Waals surface area contributed by atoms with E-state index >= 15 is 0 Å². The lowest BCUT2D eigenvalue weighted by molar-refractivity contribution is 0.0527. The van der Waals surface area contributed by atoms with Crippen molar-refractivity contribution in [1.82, 2.24) is 10.2 Å². The van der Waals surface area contributed by atoms with Crippen molar-refractivity contribution >= 4 is 17.6 Å². The quantitative estimate of drug-likeness (QED) is 0.852. The van der Waals surface area contributed by atoms with Gasteiger partial charge in [-0.3, -0.25) is 5.10 Å². The van der Waals surface area contributed by atoms with E-state index in [0.29, 0.717) is 22.9 Å². The third-order valence-corrected chi connectivity index (χ3v) is 2.61. The minimum atomic E-state index is -0.406. The Morgan fingerprint density at radius 1 is 1.47 bits per heavy atom. The molecule has 0 spiro atoms. The third-order valence-electron chi connectivity index (χ3n) is 2.28. The molecule has 88 valence electrons. The van der Waals surface area contributed by atoms with E-state index in [0.717, 1.165) is 5.56 Å². The molecule has 5 heteroatoms. The van der Waals surface area contributed by atoms with Gasteiger partial charge in [-0.1, -0.05) is 29.8 Å². The van der Waals surface area contributed by atoms with Gasteiger partial charge >= 0.3 is 5.97 Å². The lowest BCUT2D eigenvalue weighted by Crippen LogP contribution is -2.05. The summed E-state index contributed by atoms with van der Waals surface area (Å²) in [6, 6.07) is 7.24. The van der Waals surface area contributed by atoms with E-state index in [9.17, 15) is 4.79 Å². The fourth-order valence-corrected chi connectivity index (χ4v) is 1.75. The third kappa shape index (κ3) is 2.31. The smallest absolute Gasteiger partial charge is 0.341 e. The number of hydrogen-bond acceptors (Lipinski definition) is 3. The van der Waals surface area contributed by atoms with Crippen LogP contribution in [0, 0.1) is 0 Å². The maximum atomic E-state index is 11.7. The number of nitrogens with one attached hydrogen (secondary N) is 1. The number of carbonyl (C=O) groups excluding carboxylic acids is 1. The second kappa shape index (κ2) is 5.01. The first kappa shape index (κ1) is 11.7. The molecule has 0 amide bonds. The molecule has 0 saturated heterocycles. The molecule has 1 aromatic carbocycles. The summed E-state index contributed by atoms with van der Waals surface area (Å²) in [7, 11) is 0. The number of ether oxygens (including phenoxy) is 1. The average molecular weight is 251 g/mol. The van der Waals surface area contributed by atoms with Gasteiger partial charge in [0.2, 0.25) is 0 Å². The number of aromatic amines is 1. The van der Waals surface area contributed by atoms with Crippen molar-refractivity contribution in [3.63, 3.8) is 0 Å². The Morgan fingerprint density at radius 2 is 2.24 bits per heavy atom. The van der Waals surface area contributed by atoms with Gasteiger partial charge in [0.15, 0.2) is 0 Å². The largest absolute Gasteiger partial charge is 0.462 e. The summed E-state index contributed by atoms with van der Waals surface area (Å²) in [5.74, 6) is -0.406. The van der Waals surface area contributed by atoms with Gasteiger partial charge in [0.1, 0.15) is 5.56 Å². The van der Waals surface area contributed by atoms with Gasteiger partial charge in [0.05, 0.1) is 18.5 Å². The zero-order valence-corrected chi connectivity index (χ0v) is 9.99. The fraction of sp³-hybridized carbons (Fsp3) is 0.167. The predicted octanol–water partition coefficient (Wildman–Crippen LogP) is 2.91. The maximum Gasteiger partial charge on any atom is 0.341 e. The van der Waals surface area contributed by atoms with Crippen LogP contribution in [0.15, 0.2) is 30.5 Å². The molecule has 0 fully saturated rings. The van der Waals surface area contributed by atoms with Crippen molar-refractivity contribution in [2.75, 3.05) is 6.61 Å². The minimum absolute atomic E-state index is 0.325. The summed E-state index contributed by atoms with van der Waals surface area (Å²) in [4.78, 5) is 11.7. The van der Waals surface area contributed by atoms with Gasteiger partial charge in [-0.25, -0.2) is 4.79 Å². The zero-order valence-electron chi connectivity index (χ0n) is 9.24. The number of halogens is 1. The van der Waals surface area contributed by atoms with Crippen LogP contribution < -0.4 is 0 Å². The second-order valence-electron chi connectivity index (χ2n) is 3.36. The highest BCUT2D eigenvalue weighted by Gasteiger charge is 2.17. The Labute approximate surface area is 104 Å². The van der Waals surface area contributed by atoms with Gasteiger partial charge in [-0.15, -0.1) is 0 Å². The number of rotatable bonds is 3. The highest BCUT2D eigenvalue weighted by molar-refractivity contribution is 6.33. The molecule has 17 heavy (non-hydrogen) atoms. The normalized spacial score (nSPS) is 10.2. The number of aromatic nitrogens is 2. The van der Waals surface area contributed by atoms with Crippen molar-refractivity contribution < 1.29 is 9.53 Å². The number of benzene rings is 1. The SMILES string of the molecule is CCOC(=O)c1cn[nH]c1-c1ccccc1Cl. The molecule has 1 aromatic heterocycles. The van der Waals surface area contributed by atoms with E-state index in [1.807, 2.05) is 18.2 Å². The van der Waals surface area contributed by atoms with Gasteiger partial charge < -0.3 is 4.74 Å². The molecule has 0 unspecified atom stereocenters. The van der Waals surface area contributed by atoms with Crippen LogP contribution in [0.4, 0.5) is 0 Å². The van der Waals surface area contributed by atoms with E-state index in [1.165, 1.54) is 6.20 Å². The standard InChI is InChI=1S/C12H11ClN2O2/c1-2-17-12(16)9-7-14-15-11(9)8-5-3-4-6-10(8)13/h3-7H,2H2,1H3,(H,14,15). The van der Waals surface area contributed by atoms with E-state index in [2.05, 4.69) is 10.2 Å². The zero-order chi connectivity index (χ0) is 12.3. The lowest BCUT2D eigenvalue weighted by Gasteiger charge is -2.04. The number of hydrogen-bond donors (Lipinski definition) is 1. The second-order valence-corrected chi connectivity index (χ2v) is 3.77. The molecule has 0 radical (unpaired) electrons. The summed E-state index contributed by atoms with van der Waals surface area (Å²) in [5, 5.41) is 7.18. The van der Waals surface area contributed by atoms with Gasteiger partial charge in [-0.2, -0.15) is 5.10 Å². The highest BCUT2D eigenvalue weighted by Crippen LogP contribution is 2.28. The molecule has 0 aliphatic carbocycles. The van der Waals surface area contributed by atoms with Crippen molar-refractivity contribution in [1.29, 1.82) is 0 Å². The summed E-state index contributed by atoms with van der Waals surface area (Å²) in [6.07, 6.45) is 1.44. The van der Waals surface area contributed by atoms with Crippen LogP contribution in [0.1, 0.15) is 17.3 Å². The number of nitrogens with zero attached hydrogens (tertiary/aromatic N) is 1. The van der Waals surface area contributed by atoms with Crippen LogP contribution in [-0.4, -0.2) is 22.8 Å².